The smallest absolute Gasteiger partial charge is 0.244 e. The molecule has 2 heterocycles. The number of nitrogens with zero attached hydrogens (tertiary/aromatic N) is 2. The van der Waals surface area contributed by atoms with Crippen LogP contribution in [0.3, 0.4) is 0 Å². The van der Waals surface area contributed by atoms with Crippen LogP contribution in [0.2, 0.25) is 5.02 Å². The summed E-state index contributed by atoms with van der Waals surface area (Å²) >= 11 is 8.22. The number of nitrogens with two attached hydrogens (primary N) is 1. The molecule has 3 aromatic rings. The number of aryl methyl sites for hydroxylation is 1. The predicted molar refractivity (Wildman–Crippen MR) is 124 cm³/mol. The van der Waals surface area contributed by atoms with Gasteiger partial charge in [0.2, 0.25) is 11.8 Å². The largest absolute Gasteiger partial charge is 0.493 e. The Hall–Kier alpha value is -2.97. The van der Waals surface area contributed by atoms with E-state index in [0.29, 0.717) is 20.9 Å². The molecule has 4 rings (SSSR count). The lowest BCUT2D eigenvalue weighted by atomic mass is 9.84. The fourth-order valence-electron chi connectivity index (χ4n) is 3.59. The van der Waals surface area contributed by atoms with Crippen molar-refractivity contribution in [2.45, 2.75) is 19.4 Å². The molecule has 0 amide bonds. The van der Waals surface area contributed by atoms with Gasteiger partial charge in [-0.05, 0) is 59.3 Å². The van der Waals surface area contributed by atoms with E-state index in [4.69, 9.17) is 31.5 Å². The minimum atomic E-state index is -0.500. The normalized spacial score (nSPS) is 15.1. The summed E-state index contributed by atoms with van der Waals surface area (Å²) in [7, 11) is 1.51. The van der Waals surface area contributed by atoms with Crippen molar-refractivity contribution in [1.82, 2.24) is 10.2 Å². The van der Waals surface area contributed by atoms with E-state index >= 15 is 0 Å². The number of H-pyrrole nitrogens is 1. The van der Waals surface area contributed by atoms with Gasteiger partial charge < -0.3 is 19.9 Å². The van der Waals surface area contributed by atoms with Crippen molar-refractivity contribution in [2.24, 2.45) is 5.73 Å². The molecule has 0 aliphatic carbocycles. The van der Waals surface area contributed by atoms with Crippen molar-refractivity contribution in [2.75, 3.05) is 7.11 Å². The van der Waals surface area contributed by atoms with Gasteiger partial charge in [-0.3, -0.25) is 5.10 Å². The van der Waals surface area contributed by atoms with E-state index in [-0.39, 0.29) is 28.6 Å². The maximum absolute atomic E-state index is 14.1. The predicted octanol–water partition coefficient (Wildman–Crippen LogP) is 4.92. The first kappa shape index (κ1) is 22.2. The van der Waals surface area contributed by atoms with Crippen LogP contribution in [0.4, 0.5) is 4.39 Å². The third-order valence-corrected chi connectivity index (χ3v) is 6.29. The number of benzene rings is 2. The van der Waals surface area contributed by atoms with Gasteiger partial charge in [0, 0.05) is 16.8 Å². The number of nitriles is 1. The lowest BCUT2D eigenvalue weighted by molar-refractivity contribution is 0.277. The minimum absolute atomic E-state index is 0.00000351. The average Bonchev–Trinajstić information content (AvgIpc) is 3.12. The molecule has 3 N–H and O–H groups in total. The standard InChI is InChI=1S/C22H17ClFIN4O3/c1-10-18-19(12(8-26)21(27)32-22(18)29-28-10)11-6-16(25)20(17(7-11)30-2)31-9-13-14(23)4-3-5-15(13)24/h3-7,19H,9,27H2,1-2H3,(H,28,29). The summed E-state index contributed by atoms with van der Waals surface area (Å²) < 4.78 is 31.8. The molecule has 0 spiro atoms. The minimum Gasteiger partial charge on any atom is -0.493 e. The van der Waals surface area contributed by atoms with E-state index in [1.807, 2.05) is 13.0 Å². The molecule has 164 valence electrons. The molecule has 0 saturated carbocycles. The van der Waals surface area contributed by atoms with E-state index in [2.05, 4.69) is 38.9 Å². The van der Waals surface area contributed by atoms with Crippen molar-refractivity contribution in [1.29, 1.82) is 5.26 Å². The van der Waals surface area contributed by atoms with Crippen LogP contribution in [0.1, 0.15) is 28.3 Å². The van der Waals surface area contributed by atoms with Gasteiger partial charge >= 0.3 is 0 Å². The van der Waals surface area contributed by atoms with Gasteiger partial charge in [-0.1, -0.05) is 17.7 Å². The van der Waals surface area contributed by atoms with E-state index in [1.165, 1.54) is 19.2 Å². The zero-order valence-electron chi connectivity index (χ0n) is 17.0. The molecule has 1 atom stereocenters. The second kappa shape index (κ2) is 8.88. The molecule has 2 aromatic carbocycles. The Balaban J connectivity index is 1.76. The number of hydrogen-bond donors (Lipinski definition) is 2. The van der Waals surface area contributed by atoms with Crippen molar-refractivity contribution in [3.8, 4) is 23.4 Å². The third kappa shape index (κ3) is 3.84. The Kier molecular flexibility index (Phi) is 6.17. The summed E-state index contributed by atoms with van der Waals surface area (Å²) in [5.41, 5.74) is 8.74. The zero-order chi connectivity index (χ0) is 23.0. The molecular formula is C22H17ClFIN4O3. The van der Waals surface area contributed by atoms with Crippen molar-refractivity contribution < 1.29 is 18.6 Å². The first-order chi connectivity index (χ1) is 15.3. The van der Waals surface area contributed by atoms with Gasteiger partial charge in [-0.2, -0.15) is 5.26 Å². The molecule has 1 unspecified atom stereocenters. The van der Waals surface area contributed by atoms with Crippen LogP contribution in [0, 0.1) is 27.6 Å². The van der Waals surface area contributed by atoms with Gasteiger partial charge in [-0.25, -0.2) is 4.39 Å². The van der Waals surface area contributed by atoms with E-state index in [0.717, 1.165) is 16.8 Å². The lowest BCUT2D eigenvalue weighted by Crippen LogP contribution is -2.21. The van der Waals surface area contributed by atoms with E-state index < -0.39 is 11.7 Å². The Labute approximate surface area is 202 Å². The monoisotopic (exact) mass is 566 g/mol. The molecule has 1 aliphatic heterocycles. The first-order valence-corrected chi connectivity index (χ1v) is 10.9. The summed E-state index contributed by atoms with van der Waals surface area (Å²) in [4.78, 5) is 0. The Morgan fingerprint density at radius 2 is 2.19 bits per heavy atom. The van der Waals surface area contributed by atoms with Gasteiger partial charge in [0.25, 0.3) is 0 Å². The van der Waals surface area contributed by atoms with Crippen LogP contribution in [0.25, 0.3) is 0 Å². The number of fused-ring (bicyclic) bond motifs is 1. The maximum Gasteiger partial charge on any atom is 0.244 e. The van der Waals surface area contributed by atoms with Crippen LogP contribution < -0.4 is 19.9 Å². The Bertz CT molecular complexity index is 1260. The summed E-state index contributed by atoms with van der Waals surface area (Å²) in [5, 5.41) is 17.0. The van der Waals surface area contributed by atoms with Crippen LogP contribution in [-0.2, 0) is 6.61 Å². The number of hydrogen-bond acceptors (Lipinski definition) is 6. The summed E-state index contributed by atoms with van der Waals surface area (Å²) in [6, 6.07) is 10.2. The molecule has 10 heteroatoms. The third-order valence-electron chi connectivity index (χ3n) is 5.14. The SMILES string of the molecule is COc1cc(C2C(C#N)=C(N)Oc3n[nH]c(C)c32)cc(I)c1OCc1c(F)cccc1Cl. The highest BCUT2D eigenvalue weighted by molar-refractivity contribution is 14.1. The number of halogens is 3. The number of ether oxygens (including phenoxy) is 3. The molecule has 0 radical (unpaired) electrons. The van der Waals surface area contributed by atoms with Gasteiger partial charge in [0.1, 0.15) is 24.1 Å². The Morgan fingerprint density at radius 1 is 1.41 bits per heavy atom. The van der Waals surface area contributed by atoms with Crippen LogP contribution in [-0.4, -0.2) is 17.3 Å². The van der Waals surface area contributed by atoms with Crippen molar-refractivity contribution >= 4 is 34.2 Å². The number of methoxy groups -OCH3 is 1. The molecule has 32 heavy (non-hydrogen) atoms. The fourth-order valence-corrected chi connectivity index (χ4v) is 4.59. The van der Waals surface area contributed by atoms with Crippen LogP contribution >= 0.6 is 34.2 Å². The molecule has 0 saturated heterocycles. The number of rotatable bonds is 5. The van der Waals surface area contributed by atoms with E-state index in [1.54, 1.807) is 12.1 Å². The van der Waals surface area contributed by atoms with Gasteiger partial charge in [0.15, 0.2) is 11.5 Å². The quantitative estimate of drug-likeness (QED) is 0.425. The molecule has 0 bridgehead atoms. The fraction of sp³-hybridized carbons (Fsp3) is 0.182. The molecule has 1 aromatic heterocycles. The highest BCUT2D eigenvalue weighted by atomic mass is 127. The number of aromatic nitrogens is 2. The number of aromatic amines is 1. The first-order valence-electron chi connectivity index (χ1n) is 9.41. The highest BCUT2D eigenvalue weighted by Gasteiger charge is 2.35. The summed E-state index contributed by atoms with van der Waals surface area (Å²) in [6.45, 7) is 1.77. The average molecular weight is 567 g/mol. The second-order valence-corrected chi connectivity index (χ2v) is 8.58. The van der Waals surface area contributed by atoms with Gasteiger partial charge in [-0.15, -0.1) is 5.10 Å². The molecule has 1 aliphatic rings. The van der Waals surface area contributed by atoms with E-state index in [9.17, 15) is 9.65 Å². The van der Waals surface area contributed by atoms with Gasteiger partial charge in [0.05, 0.1) is 21.6 Å². The van der Waals surface area contributed by atoms with Crippen LogP contribution in [0.5, 0.6) is 17.4 Å². The second-order valence-electron chi connectivity index (χ2n) is 7.02. The lowest BCUT2D eigenvalue weighted by Gasteiger charge is -2.25. The van der Waals surface area contributed by atoms with Crippen molar-refractivity contribution in [3.05, 3.63) is 78.6 Å². The topological polar surface area (TPSA) is 106 Å². The zero-order valence-corrected chi connectivity index (χ0v) is 19.9. The summed E-state index contributed by atoms with van der Waals surface area (Å²) in [6.07, 6.45) is 0. The number of allylic oxidation sites excluding steroid dienone is 1. The highest BCUT2D eigenvalue weighted by Crippen LogP contribution is 2.46. The molecular weight excluding hydrogens is 550 g/mol. The Morgan fingerprint density at radius 3 is 2.88 bits per heavy atom. The number of nitrogens with one attached hydrogen (secondary N) is 1. The molecule has 0 fully saturated rings. The summed E-state index contributed by atoms with van der Waals surface area (Å²) in [5.74, 6) is 0.229. The molecule has 7 nitrogen and oxygen atoms in total. The van der Waals surface area contributed by atoms with Crippen LogP contribution in [0.15, 0.2) is 41.8 Å². The maximum atomic E-state index is 14.1. The van der Waals surface area contributed by atoms with Crippen molar-refractivity contribution in [3.63, 3.8) is 0 Å².